The Labute approximate surface area is 101 Å². The third-order valence-corrected chi connectivity index (χ3v) is 3.95. The van der Waals surface area contributed by atoms with Crippen LogP contribution in [-0.4, -0.2) is 30.8 Å². The van der Waals surface area contributed by atoms with E-state index >= 15 is 0 Å². The number of ether oxygens (including phenoxy) is 1. The molecule has 0 aromatic carbocycles. The molecular weight excluding hydrogens is 214 g/mol. The molecule has 1 saturated heterocycles. The minimum atomic E-state index is 0.354. The molecule has 1 saturated carbocycles. The van der Waals surface area contributed by atoms with E-state index in [4.69, 9.17) is 10.00 Å². The molecule has 2 fully saturated rings. The monoisotopic (exact) mass is 229 g/mol. The average molecular weight is 229 g/mol. The SMILES string of the molecule is COC1C2CCC1N(c1ccc(C#N)cn1)C2. The highest BCUT2D eigenvalue weighted by molar-refractivity contribution is 5.45. The van der Waals surface area contributed by atoms with Gasteiger partial charge < -0.3 is 9.64 Å². The third kappa shape index (κ3) is 1.58. The van der Waals surface area contributed by atoms with E-state index in [1.54, 1.807) is 13.3 Å². The molecule has 2 aliphatic rings. The maximum Gasteiger partial charge on any atom is 0.128 e. The molecule has 3 atom stereocenters. The van der Waals surface area contributed by atoms with E-state index in [9.17, 15) is 0 Å². The highest BCUT2D eigenvalue weighted by Crippen LogP contribution is 2.41. The first-order valence-electron chi connectivity index (χ1n) is 5.99. The number of hydrogen-bond donors (Lipinski definition) is 0. The zero-order chi connectivity index (χ0) is 11.8. The van der Waals surface area contributed by atoms with Crippen molar-refractivity contribution in [2.24, 2.45) is 5.92 Å². The van der Waals surface area contributed by atoms with Gasteiger partial charge in [-0.3, -0.25) is 0 Å². The van der Waals surface area contributed by atoms with Crippen LogP contribution in [0.4, 0.5) is 5.82 Å². The van der Waals surface area contributed by atoms with Crippen molar-refractivity contribution >= 4 is 5.82 Å². The number of rotatable bonds is 2. The van der Waals surface area contributed by atoms with Gasteiger partial charge in [-0.05, 0) is 25.0 Å². The van der Waals surface area contributed by atoms with Crippen LogP contribution in [-0.2, 0) is 4.74 Å². The van der Waals surface area contributed by atoms with Gasteiger partial charge in [0.25, 0.3) is 0 Å². The van der Waals surface area contributed by atoms with E-state index in [1.165, 1.54) is 12.8 Å². The summed E-state index contributed by atoms with van der Waals surface area (Å²) in [4.78, 5) is 6.69. The summed E-state index contributed by atoms with van der Waals surface area (Å²) < 4.78 is 5.57. The fourth-order valence-corrected chi connectivity index (χ4v) is 3.18. The number of methoxy groups -OCH3 is 1. The average Bonchev–Trinajstić information content (AvgIpc) is 2.95. The number of aromatic nitrogens is 1. The van der Waals surface area contributed by atoms with E-state index in [2.05, 4.69) is 16.0 Å². The Hall–Kier alpha value is -1.60. The number of pyridine rings is 1. The van der Waals surface area contributed by atoms with Crippen molar-refractivity contribution in [3.8, 4) is 6.07 Å². The Kier molecular flexibility index (Phi) is 2.49. The molecule has 2 heterocycles. The highest BCUT2D eigenvalue weighted by atomic mass is 16.5. The zero-order valence-electron chi connectivity index (χ0n) is 9.84. The van der Waals surface area contributed by atoms with Crippen molar-refractivity contribution in [2.75, 3.05) is 18.6 Å². The lowest BCUT2D eigenvalue weighted by atomic mass is 10.1. The van der Waals surface area contributed by atoms with Gasteiger partial charge in [-0.2, -0.15) is 5.26 Å². The molecule has 88 valence electrons. The van der Waals surface area contributed by atoms with Crippen molar-refractivity contribution in [1.82, 2.24) is 4.98 Å². The van der Waals surface area contributed by atoms with E-state index in [0.717, 1.165) is 12.4 Å². The molecule has 1 aliphatic heterocycles. The predicted molar refractivity (Wildman–Crippen MR) is 63.6 cm³/mol. The minimum Gasteiger partial charge on any atom is -0.379 e. The molecule has 1 aromatic rings. The van der Waals surface area contributed by atoms with Crippen LogP contribution in [0.3, 0.4) is 0 Å². The first-order chi connectivity index (χ1) is 8.33. The standard InChI is InChI=1S/C13H15N3O/c1-17-13-10-3-4-11(13)16(8-10)12-5-2-9(6-14)7-15-12/h2,5,7,10-11,13H,3-4,8H2,1H3. The Morgan fingerprint density at radius 3 is 2.94 bits per heavy atom. The maximum atomic E-state index is 8.76. The fourth-order valence-electron chi connectivity index (χ4n) is 3.18. The van der Waals surface area contributed by atoms with Gasteiger partial charge in [0.2, 0.25) is 0 Å². The fraction of sp³-hybridized carbons (Fsp3) is 0.538. The van der Waals surface area contributed by atoms with Crippen LogP contribution < -0.4 is 4.90 Å². The second-order valence-electron chi connectivity index (χ2n) is 4.77. The summed E-state index contributed by atoms with van der Waals surface area (Å²) in [7, 11) is 1.80. The molecule has 0 spiro atoms. The van der Waals surface area contributed by atoms with Crippen molar-refractivity contribution in [3.05, 3.63) is 23.9 Å². The quantitative estimate of drug-likeness (QED) is 0.772. The molecule has 3 rings (SSSR count). The number of piperidine rings is 1. The van der Waals surface area contributed by atoms with Crippen molar-refractivity contribution in [3.63, 3.8) is 0 Å². The summed E-state index contributed by atoms with van der Waals surface area (Å²) in [5, 5.41) is 8.76. The molecule has 2 bridgehead atoms. The summed E-state index contributed by atoms with van der Waals surface area (Å²) in [6.07, 6.45) is 4.44. The zero-order valence-corrected chi connectivity index (χ0v) is 9.84. The third-order valence-electron chi connectivity index (χ3n) is 3.95. The van der Waals surface area contributed by atoms with Gasteiger partial charge in [0.05, 0.1) is 17.7 Å². The van der Waals surface area contributed by atoms with Crippen molar-refractivity contribution < 1.29 is 4.74 Å². The molecule has 4 nitrogen and oxygen atoms in total. The summed E-state index contributed by atoms with van der Waals surface area (Å²) in [6.45, 7) is 1.03. The van der Waals surface area contributed by atoms with Gasteiger partial charge in [0.15, 0.2) is 0 Å². The van der Waals surface area contributed by atoms with E-state index < -0.39 is 0 Å². The lowest BCUT2D eigenvalue weighted by molar-refractivity contribution is 0.0854. The van der Waals surface area contributed by atoms with Gasteiger partial charge in [-0.1, -0.05) is 0 Å². The van der Waals surface area contributed by atoms with E-state index in [0.29, 0.717) is 23.6 Å². The Morgan fingerprint density at radius 2 is 2.35 bits per heavy atom. The second-order valence-corrected chi connectivity index (χ2v) is 4.77. The summed E-state index contributed by atoms with van der Waals surface area (Å²) in [6, 6.07) is 6.32. The number of nitriles is 1. The molecule has 3 unspecified atom stereocenters. The molecule has 0 radical (unpaired) electrons. The van der Waals surface area contributed by atoms with E-state index in [-0.39, 0.29) is 0 Å². The first kappa shape index (κ1) is 10.5. The van der Waals surface area contributed by atoms with Gasteiger partial charge in [0, 0.05) is 25.8 Å². The van der Waals surface area contributed by atoms with Gasteiger partial charge in [0.1, 0.15) is 11.9 Å². The molecule has 0 N–H and O–H groups in total. The lowest BCUT2D eigenvalue weighted by Gasteiger charge is -2.28. The van der Waals surface area contributed by atoms with Crippen LogP contribution >= 0.6 is 0 Å². The number of hydrogen-bond acceptors (Lipinski definition) is 4. The maximum absolute atomic E-state index is 8.76. The van der Waals surface area contributed by atoms with Crippen LogP contribution in [0, 0.1) is 17.2 Å². The molecule has 4 heteroatoms. The largest absolute Gasteiger partial charge is 0.379 e. The Balaban J connectivity index is 1.84. The molecule has 1 aliphatic carbocycles. The lowest BCUT2D eigenvalue weighted by Crippen LogP contribution is -2.35. The van der Waals surface area contributed by atoms with Crippen LogP contribution in [0.25, 0.3) is 0 Å². The van der Waals surface area contributed by atoms with Crippen LogP contribution in [0.2, 0.25) is 0 Å². The van der Waals surface area contributed by atoms with Gasteiger partial charge in [-0.25, -0.2) is 4.98 Å². The molecule has 1 aromatic heterocycles. The first-order valence-corrected chi connectivity index (χ1v) is 5.99. The number of nitrogens with zero attached hydrogens (tertiary/aromatic N) is 3. The second kappa shape index (κ2) is 4.01. The van der Waals surface area contributed by atoms with Crippen molar-refractivity contribution in [2.45, 2.75) is 25.0 Å². The van der Waals surface area contributed by atoms with Gasteiger partial charge in [-0.15, -0.1) is 0 Å². The highest BCUT2D eigenvalue weighted by Gasteiger charge is 2.47. The Morgan fingerprint density at radius 1 is 1.47 bits per heavy atom. The van der Waals surface area contributed by atoms with Crippen LogP contribution in [0.5, 0.6) is 0 Å². The van der Waals surface area contributed by atoms with E-state index in [1.807, 2.05) is 12.1 Å². The normalized spacial score (nSPS) is 30.6. The number of fused-ring (bicyclic) bond motifs is 2. The smallest absolute Gasteiger partial charge is 0.128 e. The number of anilines is 1. The molecule has 17 heavy (non-hydrogen) atoms. The van der Waals surface area contributed by atoms with Crippen LogP contribution in [0.1, 0.15) is 18.4 Å². The van der Waals surface area contributed by atoms with Gasteiger partial charge >= 0.3 is 0 Å². The van der Waals surface area contributed by atoms with Crippen molar-refractivity contribution in [1.29, 1.82) is 5.26 Å². The van der Waals surface area contributed by atoms with Crippen LogP contribution in [0.15, 0.2) is 18.3 Å². The molecule has 0 amide bonds. The predicted octanol–water partition coefficient (Wildman–Crippen LogP) is 1.57. The molecular formula is C13H15N3O. The summed E-state index contributed by atoms with van der Waals surface area (Å²) in [5.74, 6) is 1.61. The minimum absolute atomic E-state index is 0.354. The summed E-state index contributed by atoms with van der Waals surface area (Å²) >= 11 is 0. The Bertz CT molecular complexity index is 451. The summed E-state index contributed by atoms with van der Waals surface area (Å²) in [5.41, 5.74) is 0.612. The topological polar surface area (TPSA) is 49.1 Å².